The van der Waals surface area contributed by atoms with E-state index in [4.69, 9.17) is 27.7 Å². The minimum Gasteiger partial charge on any atom is -0.338 e. The predicted molar refractivity (Wildman–Crippen MR) is 52.1 cm³/mol. The second-order valence-corrected chi connectivity index (χ2v) is 3.21. The van der Waals surface area contributed by atoms with Crippen molar-refractivity contribution in [1.82, 2.24) is 15.1 Å². The smallest absolute Gasteiger partial charge is 0.241 e. The van der Waals surface area contributed by atoms with E-state index in [2.05, 4.69) is 15.1 Å². The van der Waals surface area contributed by atoms with Crippen molar-refractivity contribution in [2.45, 2.75) is 5.88 Å². The average Bonchev–Trinajstić information content (AvgIpc) is 2.67. The van der Waals surface area contributed by atoms with Gasteiger partial charge in [0, 0.05) is 6.20 Å². The number of halogens is 2. The van der Waals surface area contributed by atoms with Gasteiger partial charge >= 0.3 is 0 Å². The van der Waals surface area contributed by atoms with Crippen LogP contribution in [0.5, 0.6) is 0 Å². The summed E-state index contributed by atoms with van der Waals surface area (Å²) >= 11 is 11.2. The maximum absolute atomic E-state index is 5.68. The van der Waals surface area contributed by atoms with Gasteiger partial charge < -0.3 is 4.52 Å². The fourth-order valence-corrected chi connectivity index (χ4v) is 1.14. The highest BCUT2D eigenvalue weighted by Crippen LogP contribution is 2.15. The van der Waals surface area contributed by atoms with Gasteiger partial charge in [0.05, 0.1) is 5.02 Å². The summed E-state index contributed by atoms with van der Waals surface area (Å²) in [6.45, 7) is 0. The largest absolute Gasteiger partial charge is 0.338 e. The highest BCUT2D eigenvalue weighted by atomic mass is 35.5. The Bertz CT molecular complexity index is 426. The SMILES string of the molecule is ClCc1nc(-c2ccc(Cl)cn2)no1. The molecule has 0 radical (unpaired) electrons. The van der Waals surface area contributed by atoms with Crippen LogP contribution in [0.15, 0.2) is 22.9 Å². The van der Waals surface area contributed by atoms with Gasteiger partial charge in [-0.15, -0.1) is 11.6 Å². The van der Waals surface area contributed by atoms with Crippen LogP contribution < -0.4 is 0 Å². The van der Waals surface area contributed by atoms with Crippen molar-refractivity contribution < 1.29 is 4.52 Å². The van der Waals surface area contributed by atoms with E-state index in [9.17, 15) is 0 Å². The molecular formula is C8H5Cl2N3O. The van der Waals surface area contributed by atoms with Crippen molar-refractivity contribution in [3.63, 3.8) is 0 Å². The Morgan fingerprint density at radius 2 is 2.21 bits per heavy atom. The van der Waals surface area contributed by atoms with E-state index in [1.807, 2.05) is 0 Å². The van der Waals surface area contributed by atoms with Gasteiger partial charge in [-0.2, -0.15) is 4.98 Å². The Kier molecular flexibility index (Phi) is 2.65. The summed E-state index contributed by atoms with van der Waals surface area (Å²) in [5, 5.41) is 4.28. The number of rotatable bonds is 2. The molecule has 0 atom stereocenters. The molecule has 2 aromatic rings. The van der Waals surface area contributed by atoms with Crippen LogP contribution in [0, 0.1) is 0 Å². The lowest BCUT2D eigenvalue weighted by Gasteiger charge is -1.91. The Labute approximate surface area is 89.9 Å². The van der Waals surface area contributed by atoms with E-state index in [0.29, 0.717) is 22.4 Å². The first-order valence-corrected chi connectivity index (χ1v) is 4.71. The number of aromatic nitrogens is 3. The maximum Gasteiger partial charge on any atom is 0.241 e. The van der Waals surface area contributed by atoms with Gasteiger partial charge in [-0.05, 0) is 12.1 Å². The molecule has 0 bridgehead atoms. The van der Waals surface area contributed by atoms with Crippen molar-refractivity contribution in [2.75, 3.05) is 0 Å². The first-order valence-electron chi connectivity index (χ1n) is 3.80. The Morgan fingerprint density at radius 1 is 1.36 bits per heavy atom. The summed E-state index contributed by atoms with van der Waals surface area (Å²) in [5.41, 5.74) is 0.606. The summed E-state index contributed by atoms with van der Waals surface area (Å²) in [6, 6.07) is 3.42. The number of hydrogen-bond acceptors (Lipinski definition) is 4. The third-order valence-corrected chi connectivity index (χ3v) is 1.99. The third kappa shape index (κ3) is 1.86. The molecular weight excluding hydrogens is 225 g/mol. The van der Waals surface area contributed by atoms with Crippen molar-refractivity contribution in [3.8, 4) is 11.5 Å². The minimum atomic E-state index is 0.195. The van der Waals surface area contributed by atoms with Crippen molar-refractivity contribution in [1.29, 1.82) is 0 Å². The van der Waals surface area contributed by atoms with Crippen LogP contribution in [0.25, 0.3) is 11.5 Å². The normalized spacial score (nSPS) is 10.4. The van der Waals surface area contributed by atoms with Crippen LogP contribution in [0.4, 0.5) is 0 Å². The summed E-state index contributed by atoms with van der Waals surface area (Å²) in [7, 11) is 0. The number of hydrogen-bond donors (Lipinski definition) is 0. The minimum absolute atomic E-state index is 0.195. The summed E-state index contributed by atoms with van der Waals surface area (Å²) < 4.78 is 4.83. The Morgan fingerprint density at radius 3 is 2.79 bits per heavy atom. The average molecular weight is 230 g/mol. The molecule has 2 rings (SSSR count). The predicted octanol–water partition coefficient (Wildman–Crippen LogP) is 2.52. The fourth-order valence-electron chi connectivity index (χ4n) is 0.921. The first-order chi connectivity index (χ1) is 6.79. The van der Waals surface area contributed by atoms with Crippen LogP contribution in [-0.4, -0.2) is 15.1 Å². The van der Waals surface area contributed by atoms with E-state index < -0.39 is 0 Å². The van der Waals surface area contributed by atoms with E-state index >= 15 is 0 Å². The molecule has 0 aliphatic heterocycles. The summed E-state index contributed by atoms with van der Waals surface area (Å²) in [6.07, 6.45) is 1.52. The van der Waals surface area contributed by atoms with Crippen LogP contribution in [0.1, 0.15) is 5.89 Å². The fraction of sp³-hybridized carbons (Fsp3) is 0.125. The molecule has 4 nitrogen and oxygen atoms in total. The molecule has 0 N–H and O–H groups in total. The van der Waals surface area contributed by atoms with Crippen LogP contribution in [-0.2, 0) is 5.88 Å². The molecule has 0 amide bonds. The summed E-state index contributed by atoms with van der Waals surface area (Å²) in [4.78, 5) is 8.05. The van der Waals surface area contributed by atoms with Gasteiger partial charge in [-0.3, -0.25) is 4.98 Å². The van der Waals surface area contributed by atoms with Gasteiger partial charge in [0.25, 0.3) is 0 Å². The zero-order chi connectivity index (χ0) is 9.97. The van der Waals surface area contributed by atoms with Gasteiger partial charge in [0.15, 0.2) is 0 Å². The molecule has 6 heteroatoms. The molecule has 72 valence electrons. The van der Waals surface area contributed by atoms with Gasteiger partial charge in [0.2, 0.25) is 11.7 Å². The quantitative estimate of drug-likeness (QED) is 0.743. The van der Waals surface area contributed by atoms with Crippen LogP contribution in [0.2, 0.25) is 5.02 Å². The zero-order valence-corrected chi connectivity index (χ0v) is 8.46. The lowest BCUT2D eigenvalue weighted by atomic mass is 10.3. The Hall–Kier alpha value is -1.13. The first kappa shape index (κ1) is 9.43. The Balaban J connectivity index is 2.34. The van der Waals surface area contributed by atoms with Crippen LogP contribution >= 0.6 is 23.2 Å². The number of nitrogens with zero attached hydrogens (tertiary/aromatic N) is 3. The monoisotopic (exact) mass is 229 g/mol. The lowest BCUT2D eigenvalue weighted by molar-refractivity contribution is 0.391. The molecule has 0 unspecified atom stereocenters. The van der Waals surface area contributed by atoms with Gasteiger partial charge in [0.1, 0.15) is 11.6 Å². The van der Waals surface area contributed by atoms with Crippen LogP contribution in [0.3, 0.4) is 0 Å². The van der Waals surface area contributed by atoms with E-state index in [1.165, 1.54) is 6.20 Å². The topological polar surface area (TPSA) is 51.8 Å². The second-order valence-electron chi connectivity index (χ2n) is 2.51. The highest BCUT2D eigenvalue weighted by molar-refractivity contribution is 6.30. The standard InChI is InChI=1S/C8H5Cl2N3O/c9-3-7-12-8(13-14-7)6-2-1-5(10)4-11-6/h1-2,4H,3H2. The summed E-state index contributed by atoms with van der Waals surface area (Å²) in [5.74, 6) is 0.983. The van der Waals surface area contributed by atoms with Crippen molar-refractivity contribution in [2.24, 2.45) is 0 Å². The molecule has 14 heavy (non-hydrogen) atoms. The molecule has 0 saturated heterocycles. The molecule has 0 fully saturated rings. The van der Waals surface area contributed by atoms with E-state index in [0.717, 1.165) is 0 Å². The number of alkyl halides is 1. The molecule has 2 heterocycles. The zero-order valence-electron chi connectivity index (χ0n) is 6.94. The highest BCUT2D eigenvalue weighted by Gasteiger charge is 2.08. The molecule has 2 aromatic heterocycles. The van der Waals surface area contributed by atoms with Gasteiger partial charge in [-0.25, -0.2) is 0 Å². The third-order valence-electron chi connectivity index (χ3n) is 1.54. The van der Waals surface area contributed by atoms with E-state index in [1.54, 1.807) is 12.1 Å². The van der Waals surface area contributed by atoms with Crippen molar-refractivity contribution >= 4 is 23.2 Å². The lowest BCUT2D eigenvalue weighted by Crippen LogP contribution is -1.85. The van der Waals surface area contributed by atoms with Gasteiger partial charge in [-0.1, -0.05) is 16.8 Å². The molecule has 0 aliphatic rings. The number of pyridine rings is 1. The molecule has 0 spiro atoms. The molecule has 0 aromatic carbocycles. The van der Waals surface area contributed by atoms with E-state index in [-0.39, 0.29) is 5.88 Å². The second kappa shape index (κ2) is 3.94. The maximum atomic E-state index is 5.68. The van der Waals surface area contributed by atoms with Crippen molar-refractivity contribution in [3.05, 3.63) is 29.2 Å². The molecule has 0 saturated carbocycles. The molecule has 0 aliphatic carbocycles.